The highest BCUT2D eigenvalue weighted by molar-refractivity contribution is 7.11. The molecule has 0 atom stereocenters. The number of methoxy groups -OCH3 is 1. The van der Waals surface area contributed by atoms with Crippen molar-refractivity contribution in [2.75, 3.05) is 19.0 Å². The van der Waals surface area contributed by atoms with E-state index in [4.69, 9.17) is 21.1 Å². The summed E-state index contributed by atoms with van der Waals surface area (Å²) in [6.45, 7) is 1.55. The van der Waals surface area contributed by atoms with Crippen LogP contribution >= 0.6 is 22.9 Å². The Kier molecular flexibility index (Phi) is 6.40. The van der Waals surface area contributed by atoms with Gasteiger partial charge < -0.3 is 14.8 Å². The molecule has 0 aliphatic heterocycles. The normalized spacial score (nSPS) is 10.6. The largest absolute Gasteiger partial charge is 0.495 e. The summed E-state index contributed by atoms with van der Waals surface area (Å²) in [6, 6.07) is 6.80. The van der Waals surface area contributed by atoms with E-state index in [9.17, 15) is 9.59 Å². The Hall–Kier alpha value is -2.31. The number of hydrogen-bond acceptors (Lipinski definition) is 5. The molecule has 1 heterocycles. The number of ether oxygens (including phenoxy) is 2. The van der Waals surface area contributed by atoms with Crippen molar-refractivity contribution in [1.29, 1.82) is 0 Å². The first-order chi connectivity index (χ1) is 11.5. The van der Waals surface area contributed by atoms with E-state index in [2.05, 4.69) is 5.32 Å². The van der Waals surface area contributed by atoms with E-state index in [1.807, 2.05) is 18.4 Å². The van der Waals surface area contributed by atoms with Gasteiger partial charge in [-0.3, -0.25) is 4.79 Å². The van der Waals surface area contributed by atoms with Gasteiger partial charge >= 0.3 is 5.97 Å². The summed E-state index contributed by atoms with van der Waals surface area (Å²) in [6.07, 6.45) is 2.96. The third kappa shape index (κ3) is 5.11. The fourth-order valence-electron chi connectivity index (χ4n) is 1.85. The lowest BCUT2D eigenvalue weighted by Crippen LogP contribution is -2.20. The number of halogens is 1. The minimum atomic E-state index is -0.587. The molecule has 126 valence electrons. The maximum atomic E-state index is 11.9. The summed E-state index contributed by atoms with van der Waals surface area (Å²) in [4.78, 5) is 24.5. The van der Waals surface area contributed by atoms with E-state index in [0.29, 0.717) is 16.5 Å². The second kappa shape index (κ2) is 8.52. The molecule has 7 heteroatoms. The van der Waals surface area contributed by atoms with Gasteiger partial charge in [-0.15, -0.1) is 11.3 Å². The number of carbonyl (C=O) groups is 2. The van der Waals surface area contributed by atoms with Crippen molar-refractivity contribution in [3.63, 3.8) is 0 Å². The van der Waals surface area contributed by atoms with Crippen LogP contribution in [-0.4, -0.2) is 25.6 Å². The average molecular weight is 366 g/mol. The molecule has 0 saturated carbocycles. The standard InChI is InChI=1S/C17H16ClNO4S/c1-11-7-8-24-15(11)5-6-17(21)23-10-16(20)19-13-9-12(18)3-4-14(13)22-2/h3-9H,10H2,1-2H3,(H,19,20)/b6-5+. The molecule has 0 aliphatic rings. The summed E-state index contributed by atoms with van der Waals surface area (Å²) in [7, 11) is 1.48. The van der Waals surface area contributed by atoms with Gasteiger partial charge in [0.05, 0.1) is 12.8 Å². The highest BCUT2D eigenvalue weighted by Crippen LogP contribution is 2.27. The Balaban J connectivity index is 1.87. The Morgan fingerprint density at radius 2 is 2.12 bits per heavy atom. The van der Waals surface area contributed by atoms with Crippen LogP contribution in [0.3, 0.4) is 0 Å². The number of benzene rings is 1. The number of carbonyl (C=O) groups excluding carboxylic acids is 2. The Bertz CT molecular complexity index is 770. The predicted molar refractivity (Wildman–Crippen MR) is 95.7 cm³/mol. The van der Waals surface area contributed by atoms with E-state index < -0.39 is 18.5 Å². The van der Waals surface area contributed by atoms with Crippen molar-refractivity contribution < 1.29 is 19.1 Å². The van der Waals surface area contributed by atoms with Gasteiger partial charge in [0.2, 0.25) is 0 Å². The molecule has 0 bridgehead atoms. The van der Waals surface area contributed by atoms with Gasteiger partial charge in [0.25, 0.3) is 5.91 Å². The minimum Gasteiger partial charge on any atom is -0.495 e. The SMILES string of the molecule is COc1ccc(Cl)cc1NC(=O)COC(=O)/C=C/c1sccc1C. The topological polar surface area (TPSA) is 64.6 Å². The fraction of sp³-hybridized carbons (Fsp3) is 0.176. The van der Waals surface area contributed by atoms with Crippen molar-refractivity contribution in [2.45, 2.75) is 6.92 Å². The van der Waals surface area contributed by atoms with Crippen molar-refractivity contribution in [3.05, 3.63) is 51.2 Å². The molecule has 0 spiro atoms. The van der Waals surface area contributed by atoms with Crippen LogP contribution < -0.4 is 10.1 Å². The molecule has 0 radical (unpaired) electrons. The lowest BCUT2D eigenvalue weighted by atomic mass is 10.3. The van der Waals surface area contributed by atoms with Gasteiger partial charge in [0.1, 0.15) is 5.75 Å². The number of hydrogen-bond donors (Lipinski definition) is 1. The van der Waals surface area contributed by atoms with Crippen LogP contribution in [0.25, 0.3) is 6.08 Å². The predicted octanol–water partition coefficient (Wildman–Crippen LogP) is 3.91. The van der Waals surface area contributed by atoms with E-state index >= 15 is 0 Å². The average Bonchev–Trinajstić information content (AvgIpc) is 2.96. The number of esters is 1. The van der Waals surface area contributed by atoms with Crippen LogP contribution in [0.1, 0.15) is 10.4 Å². The number of nitrogens with one attached hydrogen (secondary N) is 1. The summed E-state index contributed by atoms with van der Waals surface area (Å²) in [5.41, 5.74) is 1.49. The molecular weight excluding hydrogens is 350 g/mol. The molecule has 2 aromatic rings. The first-order valence-electron chi connectivity index (χ1n) is 7.02. The number of thiophene rings is 1. The third-order valence-electron chi connectivity index (χ3n) is 3.05. The summed E-state index contributed by atoms with van der Waals surface area (Å²) >= 11 is 7.41. The molecular formula is C17H16ClNO4S. The van der Waals surface area contributed by atoms with Crippen LogP contribution in [-0.2, 0) is 14.3 Å². The van der Waals surface area contributed by atoms with E-state index in [1.54, 1.807) is 24.3 Å². The zero-order valence-electron chi connectivity index (χ0n) is 13.2. The van der Waals surface area contributed by atoms with Crippen LogP contribution in [0.15, 0.2) is 35.7 Å². The number of rotatable bonds is 6. The molecule has 1 amide bonds. The van der Waals surface area contributed by atoms with Gasteiger partial charge in [0.15, 0.2) is 6.61 Å². The van der Waals surface area contributed by atoms with Gasteiger partial charge in [-0.2, -0.15) is 0 Å². The van der Waals surface area contributed by atoms with Crippen LogP contribution in [0, 0.1) is 6.92 Å². The highest BCUT2D eigenvalue weighted by Gasteiger charge is 2.10. The second-order valence-corrected chi connectivity index (χ2v) is 6.19. The molecule has 0 unspecified atom stereocenters. The number of aryl methyl sites for hydroxylation is 1. The first kappa shape index (κ1) is 18.0. The van der Waals surface area contributed by atoms with Gasteiger partial charge in [-0.25, -0.2) is 4.79 Å². The Morgan fingerprint density at radius 3 is 2.79 bits per heavy atom. The summed E-state index contributed by atoms with van der Waals surface area (Å²) in [5.74, 6) is -0.604. The van der Waals surface area contributed by atoms with Crippen LogP contribution in [0.5, 0.6) is 5.75 Å². The maximum Gasteiger partial charge on any atom is 0.331 e. The summed E-state index contributed by atoms with van der Waals surface area (Å²) < 4.78 is 10.0. The van der Waals surface area contributed by atoms with Crippen molar-refractivity contribution in [2.24, 2.45) is 0 Å². The molecule has 1 N–H and O–H groups in total. The lowest BCUT2D eigenvalue weighted by molar-refractivity contribution is -0.142. The molecule has 2 rings (SSSR count). The first-order valence-corrected chi connectivity index (χ1v) is 8.27. The smallest absolute Gasteiger partial charge is 0.331 e. The molecule has 1 aromatic heterocycles. The number of amides is 1. The van der Waals surface area contributed by atoms with Crippen molar-refractivity contribution in [1.82, 2.24) is 0 Å². The summed E-state index contributed by atoms with van der Waals surface area (Å²) in [5, 5.41) is 4.98. The Labute approximate surface area is 148 Å². The monoisotopic (exact) mass is 365 g/mol. The second-order valence-electron chi connectivity index (χ2n) is 4.80. The molecule has 0 saturated heterocycles. The van der Waals surface area contributed by atoms with E-state index in [1.165, 1.54) is 24.5 Å². The van der Waals surface area contributed by atoms with Gasteiger partial charge in [-0.1, -0.05) is 11.6 Å². The zero-order valence-corrected chi connectivity index (χ0v) is 14.7. The molecule has 0 aliphatic carbocycles. The highest BCUT2D eigenvalue weighted by atomic mass is 35.5. The van der Waals surface area contributed by atoms with Gasteiger partial charge in [-0.05, 0) is 48.2 Å². The molecule has 24 heavy (non-hydrogen) atoms. The zero-order chi connectivity index (χ0) is 17.5. The molecule has 5 nitrogen and oxygen atoms in total. The minimum absolute atomic E-state index is 0.401. The van der Waals surface area contributed by atoms with Crippen molar-refractivity contribution >= 4 is 46.6 Å². The van der Waals surface area contributed by atoms with E-state index in [0.717, 1.165) is 10.4 Å². The van der Waals surface area contributed by atoms with Crippen LogP contribution in [0.4, 0.5) is 5.69 Å². The Morgan fingerprint density at radius 1 is 1.33 bits per heavy atom. The van der Waals surface area contributed by atoms with Crippen molar-refractivity contribution in [3.8, 4) is 5.75 Å². The van der Waals surface area contributed by atoms with Gasteiger partial charge in [0, 0.05) is 16.0 Å². The maximum absolute atomic E-state index is 11.9. The van der Waals surface area contributed by atoms with Crippen LogP contribution in [0.2, 0.25) is 5.02 Å². The fourth-order valence-corrected chi connectivity index (χ4v) is 2.84. The molecule has 1 aromatic carbocycles. The third-order valence-corrected chi connectivity index (χ3v) is 4.27. The quantitative estimate of drug-likeness (QED) is 0.622. The lowest BCUT2D eigenvalue weighted by Gasteiger charge is -2.10. The van der Waals surface area contributed by atoms with E-state index in [-0.39, 0.29) is 0 Å². The number of anilines is 1. The molecule has 0 fully saturated rings.